The Morgan fingerprint density at radius 3 is 3.00 bits per heavy atom. The minimum absolute atomic E-state index is 0. The van der Waals surface area contributed by atoms with Crippen molar-refractivity contribution in [2.45, 2.75) is 12.5 Å². The molecule has 0 aliphatic carbocycles. The molecule has 2 rings (SSSR count). The largest absolute Gasteiger partial charge is 0.493 e. The lowest BCUT2D eigenvalue weighted by Crippen LogP contribution is -2.33. The molecule has 3 nitrogen and oxygen atoms in total. The van der Waals surface area contributed by atoms with Crippen molar-refractivity contribution in [2.75, 3.05) is 13.7 Å². The Kier molecular flexibility index (Phi) is 3.61. The molecule has 14 heavy (non-hydrogen) atoms. The molecule has 1 aliphatic rings. The van der Waals surface area contributed by atoms with Gasteiger partial charge in [-0.25, -0.2) is 0 Å². The zero-order valence-electron chi connectivity index (χ0n) is 8.03. The second kappa shape index (κ2) is 4.53. The van der Waals surface area contributed by atoms with Crippen molar-refractivity contribution in [1.82, 2.24) is 0 Å². The molecule has 1 unspecified atom stereocenters. The van der Waals surface area contributed by atoms with Crippen LogP contribution in [0.4, 0.5) is 0 Å². The second-order valence-electron chi connectivity index (χ2n) is 3.22. The predicted octanol–water partition coefficient (Wildman–Crippen LogP) is 1.38. The summed E-state index contributed by atoms with van der Waals surface area (Å²) in [5.74, 6) is 1.65. The van der Waals surface area contributed by atoms with Crippen LogP contribution in [0.2, 0.25) is 0 Å². The molecule has 0 spiro atoms. The minimum Gasteiger partial charge on any atom is -0.493 e. The first-order chi connectivity index (χ1) is 6.31. The molecule has 0 fully saturated rings. The van der Waals surface area contributed by atoms with Gasteiger partial charge in [-0.15, -0.1) is 12.4 Å². The van der Waals surface area contributed by atoms with Crippen LogP contribution in [0.25, 0.3) is 0 Å². The Hall–Kier alpha value is -0.930. The molecule has 78 valence electrons. The van der Waals surface area contributed by atoms with Gasteiger partial charge in [0.2, 0.25) is 0 Å². The number of hydrogen-bond donors (Lipinski definition) is 1. The monoisotopic (exact) mass is 215 g/mol. The Balaban J connectivity index is 0.000000980. The molecule has 1 aliphatic heterocycles. The van der Waals surface area contributed by atoms with Crippen molar-refractivity contribution in [1.29, 1.82) is 0 Å². The van der Waals surface area contributed by atoms with E-state index in [2.05, 4.69) is 0 Å². The first-order valence-corrected chi connectivity index (χ1v) is 4.35. The summed E-state index contributed by atoms with van der Waals surface area (Å²) in [5, 5.41) is 0. The standard InChI is InChI=1S/C10H13NO2.ClH/c1-12-9-4-2-3-7-5-8(11)6-13-10(7)9;/h2-4,8H,5-6,11H2,1H3;1H. The summed E-state index contributed by atoms with van der Waals surface area (Å²) in [6.07, 6.45) is 0.868. The molecule has 0 saturated carbocycles. The minimum atomic E-state index is 0. The molecule has 0 amide bonds. The topological polar surface area (TPSA) is 44.5 Å². The van der Waals surface area contributed by atoms with Gasteiger partial charge in [0.05, 0.1) is 7.11 Å². The van der Waals surface area contributed by atoms with Crippen LogP contribution in [0.3, 0.4) is 0 Å². The van der Waals surface area contributed by atoms with Crippen LogP contribution in [-0.4, -0.2) is 19.8 Å². The average Bonchev–Trinajstić information content (AvgIpc) is 2.16. The number of fused-ring (bicyclic) bond motifs is 1. The number of benzene rings is 1. The van der Waals surface area contributed by atoms with Gasteiger partial charge in [-0.05, 0) is 18.1 Å². The van der Waals surface area contributed by atoms with Gasteiger partial charge in [-0.3, -0.25) is 0 Å². The molecule has 1 aromatic rings. The van der Waals surface area contributed by atoms with Gasteiger partial charge < -0.3 is 15.2 Å². The number of rotatable bonds is 1. The van der Waals surface area contributed by atoms with Gasteiger partial charge in [0.25, 0.3) is 0 Å². The van der Waals surface area contributed by atoms with E-state index in [0.29, 0.717) is 6.61 Å². The normalized spacial score (nSPS) is 18.9. The summed E-state index contributed by atoms with van der Waals surface area (Å²) in [4.78, 5) is 0. The molecular weight excluding hydrogens is 202 g/mol. The summed E-state index contributed by atoms with van der Waals surface area (Å²) >= 11 is 0. The molecule has 0 saturated heterocycles. The highest BCUT2D eigenvalue weighted by Crippen LogP contribution is 2.33. The zero-order valence-corrected chi connectivity index (χ0v) is 8.84. The SMILES string of the molecule is COc1cccc2c1OCC(N)C2.Cl. The molecule has 2 N–H and O–H groups in total. The molecular formula is C10H14ClNO2. The second-order valence-corrected chi connectivity index (χ2v) is 3.22. The maximum atomic E-state index is 5.78. The lowest BCUT2D eigenvalue weighted by Gasteiger charge is -2.23. The van der Waals surface area contributed by atoms with Gasteiger partial charge >= 0.3 is 0 Å². The molecule has 0 aromatic heterocycles. The third kappa shape index (κ3) is 1.94. The van der Waals surface area contributed by atoms with Crippen LogP contribution in [-0.2, 0) is 6.42 Å². The van der Waals surface area contributed by atoms with Crippen LogP contribution in [0, 0.1) is 0 Å². The first kappa shape index (κ1) is 11.1. The van der Waals surface area contributed by atoms with Crippen LogP contribution >= 0.6 is 12.4 Å². The lowest BCUT2D eigenvalue weighted by atomic mass is 10.0. The Morgan fingerprint density at radius 1 is 1.50 bits per heavy atom. The van der Waals surface area contributed by atoms with E-state index in [-0.39, 0.29) is 18.4 Å². The van der Waals surface area contributed by atoms with Gasteiger partial charge in [-0.2, -0.15) is 0 Å². The number of para-hydroxylation sites is 1. The van der Waals surface area contributed by atoms with E-state index in [9.17, 15) is 0 Å². The smallest absolute Gasteiger partial charge is 0.164 e. The lowest BCUT2D eigenvalue weighted by molar-refractivity contribution is 0.248. The van der Waals surface area contributed by atoms with Gasteiger partial charge in [0, 0.05) is 6.04 Å². The van der Waals surface area contributed by atoms with Crippen LogP contribution in [0.5, 0.6) is 11.5 Å². The highest BCUT2D eigenvalue weighted by molar-refractivity contribution is 5.85. The fourth-order valence-corrected chi connectivity index (χ4v) is 1.58. The predicted molar refractivity (Wildman–Crippen MR) is 57.4 cm³/mol. The number of nitrogens with two attached hydrogens (primary N) is 1. The van der Waals surface area contributed by atoms with Crippen LogP contribution in [0.1, 0.15) is 5.56 Å². The van der Waals surface area contributed by atoms with Crippen LogP contribution in [0.15, 0.2) is 18.2 Å². The van der Waals surface area contributed by atoms with E-state index >= 15 is 0 Å². The summed E-state index contributed by atoms with van der Waals surface area (Å²) in [6.45, 7) is 0.577. The third-order valence-electron chi connectivity index (χ3n) is 2.20. The molecule has 4 heteroatoms. The summed E-state index contributed by atoms with van der Waals surface area (Å²) < 4.78 is 10.7. The van der Waals surface area contributed by atoms with E-state index in [4.69, 9.17) is 15.2 Å². The number of hydrogen-bond acceptors (Lipinski definition) is 3. The maximum Gasteiger partial charge on any atom is 0.164 e. The van der Waals surface area contributed by atoms with E-state index in [1.165, 1.54) is 0 Å². The van der Waals surface area contributed by atoms with Crippen molar-refractivity contribution in [3.8, 4) is 11.5 Å². The zero-order chi connectivity index (χ0) is 9.26. The van der Waals surface area contributed by atoms with Gasteiger partial charge in [-0.1, -0.05) is 12.1 Å². The van der Waals surface area contributed by atoms with E-state index in [1.807, 2.05) is 18.2 Å². The third-order valence-corrected chi connectivity index (χ3v) is 2.20. The van der Waals surface area contributed by atoms with E-state index in [0.717, 1.165) is 23.5 Å². The molecule has 1 aromatic carbocycles. The number of halogens is 1. The summed E-state index contributed by atoms with van der Waals surface area (Å²) in [7, 11) is 1.65. The number of methoxy groups -OCH3 is 1. The van der Waals surface area contributed by atoms with Crippen molar-refractivity contribution < 1.29 is 9.47 Å². The molecule has 0 bridgehead atoms. The first-order valence-electron chi connectivity index (χ1n) is 4.35. The van der Waals surface area contributed by atoms with Crippen molar-refractivity contribution in [3.63, 3.8) is 0 Å². The fourth-order valence-electron chi connectivity index (χ4n) is 1.58. The van der Waals surface area contributed by atoms with Crippen molar-refractivity contribution in [3.05, 3.63) is 23.8 Å². The molecule has 1 heterocycles. The van der Waals surface area contributed by atoms with Gasteiger partial charge in [0.15, 0.2) is 11.5 Å². The van der Waals surface area contributed by atoms with Crippen LogP contribution < -0.4 is 15.2 Å². The maximum absolute atomic E-state index is 5.78. The average molecular weight is 216 g/mol. The van der Waals surface area contributed by atoms with Crippen molar-refractivity contribution >= 4 is 12.4 Å². The highest BCUT2D eigenvalue weighted by Gasteiger charge is 2.19. The Morgan fingerprint density at radius 2 is 2.29 bits per heavy atom. The van der Waals surface area contributed by atoms with Gasteiger partial charge in [0.1, 0.15) is 6.61 Å². The fraction of sp³-hybridized carbons (Fsp3) is 0.400. The van der Waals surface area contributed by atoms with Crippen molar-refractivity contribution in [2.24, 2.45) is 5.73 Å². The highest BCUT2D eigenvalue weighted by atomic mass is 35.5. The summed E-state index contributed by atoms with van der Waals surface area (Å²) in [6, 6.07) is 5.99. The molecule has 1 atom stereocenters. The molecule has 0 radical (unpaired) electrons. The van der Waals surface area contributed by atoms with E-state index in [1.54, 1.807) is 7.11 Å². The van der Waals surface area contributed by atoms with E-state index < -0.39 is 0 Å². The Bertz CT molecular complexity index is 317. The number of ether oxygens (including phenoxy) is 2. The Labute approximate surface area is 89.6 Å². The summed E-state index contributed by atoms with van der Waals surface area (Å²) in [5.41, 5.74) is 6.91. The quantitative estimate of drug-likeness (QED) is 0.770.